The molecule has 3 aliphatic heterocycles. The largest absolute Gasteiger partial charge is 0.0499 e. The molecule has 5 aromatic rings. The van der Waals surface area contributed by atoms with Gasteiger partial charge in [0.25, 0.3) is 0 Å². The molecular weight excluding hydrogens is 709 g/mol. The number of anilines is 2. The quantitative estimate of drug-likeness (QED) is 0.143. The topological polar surface area (TPSA) is 130 Å². The zero-order chi connectivity index (χ0) is 32.1. The molecular formula is C34H33IN9O3-. The van der Waals surface area contributed by atoms with Gasteiger partial charge in [-0.25, -0.2) is 0 Å². The van der Waals surface area contributed by atoms with Crippen molar-refractivity contribution in [3.05, 3.63) is 93.7 Å². The van der Waals surface area contributed by atoms with E-state index >= 15 is 0 Å². The number of piperidine rings is 2. The Bertz CT molecular complexity index is 2030. The van der Waals surface area contributed by atoms with Crippen LogP contribution in [-0.2, 0) is 16.1 Å². The minimum Gasteiger partial charge on any atom is -0.0499 e. The SMILES string of the molecule is Cc1cccc(-c2cnc(Nc3cnn(C4CCN([I-]c5ccc6c(c5)CN(C5CCC(=O)NC5=O)C6=O)CC4)c3)c3nccn23)c1. The third-order valence-corrected chi connectivity index (χ3v) is 12.0. The van der Waals surface area contributed by atoms with Crippen LogP contribution in [0.15, 0.2) is 73.4 Å². The van der Waals surface area contributed by atoms with Gasteiger partial charge in [-0.15, -0.1) is 0 Å². The second-order valence-corrected chi connectivity index (χ2v) is 15.3. The van der Waals surface area contributed by atoms with Gasteiger partial charge in [0.1, 0.15) is 0 Å². The van der Waals surface area contributed by atoms with E-state index in [2.05, 4.69) is 77.3 Å². The summed E-state index contributed by atoms with van der Waals surface area (Å²) in [4.78, 5) is 47.9. The molecule has 240 valence electrons. The van der Waals surface area contributed by atoms with Crippen LogP contribution in [0.3, 0.4) is 0 Å². The molecule has 12 nitrogen and oxygen atoms in total. The molecule has 0 radical (unpaired) electrons. The van der Waals surface area contributed by atoms with Crippen molar-refractivity contribution in [2.45, 2.75) is 51.2 Å². The molecule has 1 atom stereocenters. The maximum Gasteiger partial charge on any atom is -0.0499 e. The summed E-state index contributed by atoms with van der Waals surface area (Å²) in [5.41, 5.74) is 6.54. The molecule has 0 bridgehead atoms. The molecule has 6 heterocycles. The van der Waals surface area contributed by atoms with E-state index in [1.54, 1.807) is 11.1 Å². The van der Waals surface area contributed by atoms with Gasteiger partial charge in [0.2, 0.25) is 0 Å². The first kappa shape index (κ1) is 29.8. The Morgan fingerprint density at radius 2 is 1.87 bits per heavy atom. The van der Waals surface area contributed by atoms with E-state index < -0.39 is 27.5 Å². The van der Waals surface area contributed by atoms with Crippen molar-refractivity contribution < 1.29 is 35.9 Å². The summed E-state index contributed by atoms with van der Waals surface area (Å²) >= 11 is -0.395. The van der Waals surface area contributed by atoms with E-state index in [-0.39, 0.29) is 24.1 Å². The van der Waals surface area contributed by atoms with Crippen LogP contribution in [0.5, 0.6) is 0 Å². The summed E-state index contributed by atoms with van der Waals surface area (Å²) < 4.78 is 7.92. The summed E-state index contributed by atoms with van der Waals surface area (Å²) in [7, 11) is 0. The fraction of sp³-hybridized carbons (Fsp3) is 0.294. The fourth-order valence-corrected chi connectivity index (χ4v) is 9.36. The number of carbonyl (C=O) groups excluding carboxylic acids is 3. The number of hydrogen-bond donors (Lipinski definition) is 2. The molecule has 8 rings (SSSR count). The van der Waals surface area contributed by atoms with Gasteiger partial charge in [0.15, 0.2) is 0 Å². The Hall–Kier alpha value is -4.63. The predicted molar refractivity (Wildman–Crippen MR) is 170 cm³/mol. The molecule has 0 spiro atoms. The van der Waals surface area contributed by atoms with Crippen molar-refractivity contribution in [2.75, 3.05) is 18.4 Å². The van der Waals surface area contributed by atoms with Crippen LogP contribution in [-0.4, -0.2) is 69.0 Å². The normalized spacial score (nSPS) is 19.0. The number of nitrogens with one attached hydrogen (secondary N) is 2. The number of aryl methyl sites for hydroxylation is 1. The van der Waals surface area contributed by atoms with Crippen LogP contribution in [0.4, 0.5) is 11.5 Å². The second kappa shape index (κ2) is 12.2. The molecule has 2 saturated heterocycles. The molecule has 1 unspecified atom stereocenters. The third-order valence-electron chi connectivity index (χ3n) is 9.09. The van der Waals surface area contributed by atoms with Gasteiger partial charge < -0.3 is 0 Å². The minimum absolute atomic E-state index is 0.127. The Morgan fingerprint density at radius 1 is 1.00 bits per heavy atom. The predicted octanol–water partition coefficient (Wildman–Crippen LogP) is 0.917. The number of imidazole rings is 1. The first-order valence-electron chi connectivity index (χ1n) is 15.8. The maximum atomic E-state index is 13.1. The number of hydrogen-bond acceptors (Lipinski definition) is 8. The third kappa shape index (κ3) is 5.78. The molecule has 2 fully saturated rings. The molecule has 13 heteroatoms. The van der Waals surface area contributed by atoms with Crippen molar-refractivity contribution in [3.63, 3.8) is 0 Å². The average molecular weight is 743 g/mol. The number of imide groups is 1. The van der Waals surface area contributed by atoms with Gasteiger partial charge in [0.05, 0.1) is 0 Å². The summed E-state index contributed by atoms with van der Waals surface area (Å²) in [5, 5.41) is 10.5. The van der Waals surface area contributed by atoms with Crippen molar-refractivity contribution in [3.8, 4) is 11.3 Å². The Kier molecular flexibility index (Phi) is 7.72. The average Bonchev–Trinajstić information content (AvgIpc) is 3.82. The van der Waals surface area contributed by atoms with Gasteiger partial charge in [-0.1, -0.05) is 23.8 Å². The van der Waals surface area contributed by atoms with Crippen LogP contribution < -0.4 is 32.1 Å². The van der Waals surface area contributed by atoms with Gasteiger partial charge in [-0.2, -0.15) is 0 Å². The molecule has 47 heavy (non-hydrogen) atoms. The van der Waals surface area contributed by atoms with E-state index in [0.29, 0.717) is 30.4 Å². The molecule has 2 aromatic carbocycles. The van der Waals surface area contributed by atoms with E-state index in [0.717, 1.165) is 54.1 Å². The summed E-state index contributed by atoms with van der Waals surface area (Å²) in [5.74, 6) is -0.0962. The summed E-state index contributed by atoms with van der Waals surface area (Å²) in [6.45, 7) is 4.46. The van der Waals surface area contributed by atoms with Crippen molar-refractivity contribution in [1.82, 2.24) is 37.5 Å². The molecule has 3 aromatic heterocycles. The molecule has 2 N–H and O–H groups in total. The molecule has 0 aliphatic carbocycles. The van der Waals surface area contributed by atoms with E-state index in [1.807, 2.05) is 24.7 Å². The smallest absolute Gasteiger partial charge is 0.0499 e. The number of benzene rings is 2. The number of carbonyl (C=O) groups is 3. The Morgan fingerprint density at radius 3 is 2.70 bits per heavy atom. The monoisotopic (exact) mass is 742 g/mol. The van der Waals surface area contributed by atoms with Crippen molar-refractivity contribution >= 4 is 34.9 Å². The van der Waals surface area contributed by atoms with Crippen molar-refractivity contribution in [2.24, 2.45) is 0 Å². The number of rotatable bonds is 7. The maximum absolute atomic E-state index is 13.1. The molecule has 3 amide bonds. The van der Waals surface area contributed by atoms with Crippen LogP contribution in [0.1, 0.15) is 53.2 Å². The summed E-state index contributed by atoms with van der Waals surface area (Å²) in [6, 6.07) is 14.2. The Balaban J connectivity index is 0.885. The number of halogens is 1. The number of amides is 3. The fourth-order valence-electron chi connectivity index (χ4n) is 6.68. The zero-order valence-corrected chi connectivity index (χ0v) is 27.9. The van der Waals surface area contributed by atoms with Gasteiger partial charge in [0, 0.05) is 5.56 Å². The summed E-state index contributed by atoms with van der Waals surface area (Å²) in [6.07, 6.45) is 12.2. The number of nitrogens with zero attached hydrogens (tertiary/aromatic N) is 7. The number of fused-ring (bicyclic) bond motifs is 2. The van der Waals surface area contributed by atoms with Crippen LogP contribution >= 0.6 is 0 Å². The molecule has 3 aliphatic rings. The van der Waals surface area contributed by atoms with E-state index in [1.165, 1.54) is 9.13 Å². The van der Waals surface area contributed by atoms with Gasteiger partial charge >= 0.3 is 241 Å². The van der Waals surface area contributed by atoms with E-state index in [4.69, 9.17) is 10.1 Å². The first-order chi connectivity index (χ1) is 22.9. The van der Waals surface area contributed by atoms with Crippen molar-refractivity contribution in [1.29, 1.82) is 0 Å². The molecule has 0 saturated carbocycles. The van der Waals surface area contributed by atoms with Gasteiger partial charge in [-0.3, -0.25) is 0 Å². The Labute approximate surface area is 281 Å². The standard InChI is InChI=1S/C34H33IN9O3/c1-21-3-2-4-22(15-21)29-18-37-31(32-36-11-14-42(29)32)39-25-17-38-44(20-25)26-9-12-41(13-10-26)35-24-5-6-27-23(16-24)19-43(34(27)47)28-7-8-30(45)40-33(28)46/h2-6,11,14-18,20,26,28H,7-10,12-13,19H2,1H3,(H,37,39)(H,40,45,46)/q-1. The number of aromatic nitrogens is 5. The van der Waals surface area contributed by atoms with Crippen LogP contribution in [0.25, 0.3) is 16.9 Å². The van der Waals surface area contributed by atoms with Crippen LogP contribution in [0, 0.1) is 10.5 Å². The zero-order valence-electron chi connectivity index (χ0n) is 25.8. The van der Waals surface area contributed by atoms with Crippen LogP contribution in [0.2, 0.25) is 0 Å². The first-order valence-corrected chi connectivity index (χ1v) is 17.8. The second-order valence-electron chi connectivity index (χ2n) is 12.2. The van der Waals surface area contributed by atoms with Gasteiger partial charge in [-0.05, 0) is 13.0 Å². The minimum atomic E-state index is -0.588. The van der Waals surface area contributed by atoms with E-state index in [9.17, 15) is 14.4 Å².